The number of aromatic nitrogens is 2. The van der Waals surface area contributed by atoms with Gasteiger partial charge in [-0.05, 0) is 37.1 Å². The summed E-state index contributed by atoms with van der Waals surface area (Å²) in [4.78, 5) is 32.1. The summed E-state index contributed by atoms with van der Waals surface area (Å²) in [5, 5.41) is 2.93. The molecule has 1 aliphatic carbocycles. The highest BCUT2D eigenvalue weighted by Crippen LogP contribution is 2.65. The number of benzene rings is 2. The average Bonchev–Trinajstić information content (AvgIpc) is 3.44. The van der Waals surface area contributed by atoms with Crippen LogP contribution in [0.2, 0.25) is 0 Å². The molecule has 1 saturated carbocycles. The SMILES string of the molecule is Cc1nccn1CCNC(=O)CN1C(=O)[C@@]2(COc3ccccc3)C[C@H]2c2ccccc21. The number of hydrogen-bond donors (Lipinski definition) is 1. The zero-order chi connectivity index (χ0) is 22.1. The Labute approximate surface area is 187 Å². The van der Waals surface area contributed by atoms with E-state index in [9.17, 15) is 9.59 Å². The number of fused-ring (bicyclic) bond motifs is 3. The summed E-state index contributed by atoms with van der Waals surface area (Å²) >= 11 is 0. The largest absolute Gasteiger partial charge is 0.492 e. The Kier molecular flexibility index (Phi) is 5.17. The Morgan fingerprint density at radius 2 is 1.97 bits per heavy atom. The highest BCUT2D eigenvalue weighted by molar-refractivity contribution is 6.07. The molecule has 0 spiro atoms. The molecule has 1 aromatic heterocycles. The predicted octanol–water partition coefficient (Wildman–Crippen LogP) is 2.91. The molecule has 2 aliphatic rings. The Balaban J connectivity index is 1.29. The van der Waals surface area contributed by atoms with Crippen LogP contribution in [0.5, 0.6) is 5.75 Å². The number of nitrogens with zero attached hydrogens (tertiary/aromatic N) is 3. The standard InChI is InChI=1S/C25H26N4O3/c1-18-26-11-13-28(18)14-12-27-23(30)16-29-22-10-6-5-9-20(22)21-15-25(21,24(29)31)17-32-19-7-3-2-4-8-19/h2-11,13,21H,12,14-17H2,1H3,(H,27,30)/t21-,25+/m0/s1. The molecule has 3 aromatic rings. The Hall–Kier alpha value is -3.61. The van der Waals surface area contributed by atoms with E-state index in [1.54, 1.807) is 11.1 Å². The minimum Gasteiger partial charge on any atom is -0.492 e. The first-order valence-electron chi connectivity index (χ1n) is 10.9. The maximum Gasteiger partial charge on any atom is 0.240 e. The molecule has 1 fully saturated rings. The van der Waals surface area contributed by atoms with Crippen molar-refractivity contribution in [3.05, 3.63) is 78.4 Å². The van der Waals surface area contributed by atoms with E-state index in [1.165, 1.54) is 0 Å². The zero-order valence-electron chi connectivity index (χ0n) is 18.0. The van der Waals surface area contributed by atoms with Gasteiger partial charge in [-0.1, -0.05) is 36.4 Å². The molecular weight excluding hydrogens is 404 g/mol. The van der Waals surface area contributed by atoms with Crippen LogP contribution in [-0.2, 0) is 16.1 Å². The molecule has 2 aromatic carbocycles. The van der Waals surface area contributed by atoms with Crippen LogP contribution in [0.1, 0.15) is 23.7 Å². The predicted molar refractivity (Wildman–Crippen MR) is 120 cm³/mol. The molecule has 5 rings (SSSR count). The lowest BCUT2D eigenvalue weighted by atomic mass is 9.92. The van der Waals surface area contributed by atoms with Gasteiger partial charge in [-0.3, -0.25) is 9.59 Å². The van der Waals surface area contributed by atoms with E-state index >= 15 is 0 Å². The first-order valence-corrected chi connectivity index (χ1v) is 10.9. The molecule has 2 amide bonds. The van der Waals surface area contributed by atoms with Gasteiger partial charge in [0, 0.05) is 37.1 Å². The first-order chi connectivity index (χ1) is 15.6. The molecule has 2 atom stereocenters. The summed E-state index contributed by atoms with van der Waals surface area (Å²) in [6, 6.07) is 17.4. The van der Waals surface area contributed by atoms with Crippen molar-refractivity contribution in [2.24, 2.45) is 5.41 Å². The summed E-state index contributed by atoms with van der Waals surface area (Å²) in [5.41, 5.74) is 1.35. The lowest BCUT2D eigenvalue weighted by Gasteiger charge is -2.33. The molecule has 1 N–H and O–H groups in total. The highest BCUT2D eigenvalue weighted by Gasteiger charge is 2.66. The number of anilines is 1. The summed E-state index contributed by atoms with van der Waals surface area (Å²) in [5.74, 6) is 1.58. The van der Waals surface area contributed by atoms with Crippen LogP contribution < -0.4 is 15.0 Å². The van der Waals surface area contributed by atoms with E-state index in [1.807, 2.05) is 66.2 Å². The number of rotatable bonds is 8. The minimum absolute atomic E-state index is 0.00142. The van der Waals surface area contributed by atoms with Crippen molar-refractivity contribution >= 4 is 17.5 Å². The van der Waals surface area contributed by atoms with Gasteiger partial charge in [0.1, 0.15) is 24.7 Å². The van der Waals surface area contributed by atoms with Gasteiger partial charge in [0.25, 0.3) is 0 Å². The fraction of sp³-hybridized carbons (Fsp3) is 0.320. The molecule has 7 heteroatoms. The second-order valence-corrected chi connectivity index (χ2v) is 8.48. The molecule has 1 aliphatic heterocycles. The topological polar surface area (TPSA) is 76.5 Å². The summed E-state index contributed by atoms with van der Waals surface area (Å²) in [7, 11) is 0. The van der Waals surface area contributed by atoms with Crippen molar-refractivity contribution < 1.29 is 14.3 Å². The van der Waals surface area contributed by atoms with E-state index in [0.29, 0.717) is 19.7 Å². The Bertz CT molecular complexity index is 1140. The highest BCUT2D eigenvalue weighted by atomic mass is 16.5. The van der Waals surface area contributed by atoms with E-state index in [-0.39, 0.29) is 24.3 Å². The van der Waals surface area contributed by atoms with Gasteiger partial charge >= 0.3 is 0 Å². The number of carbonyl (C=O) groups excluding carboxylic acids is 2. The molecule has 2 heterocycles. The maximum atomic E-state index is 13.6. The van der Waals surface area contributed by atoms with E-state index in [2.05, 4.69) is 16.4 Å². The molecule has 0 bridgehead atoms. The second kappa shape index (κ2) is 8.15. The molecule has 164 valence electrons. The van der Waals surface area contributed by atoms with Crippen LogP contribution in [0, 0.1) is 12.3 Å². The van der Waals surface area contributed by atoms with Crippen LogP contribution >= 0.6 is 0 Å². The molecule has 0 unspecified atom stereocenters. The third-order valence-corrected chi connectivity index (χ3v) is 6.49. The Morgan fingerprint density at radius 3 is 2.75 bits per heavy atom. The van der Waals surface area contributed by atoms with Crippen LogP contribution in [0.15, 0.2) is 67.0 Å². The Morgan fingerprint density at radius 1 is 1.19 bits per heavy atom. The van der Waals surface area contributed by atoms with Crippen LogP contribution in [0.3, 0.4) is 0 Å². The number of imidazole rings is 1. The van der Waals surface area contributed by atoms with E-state index in [0.717, 1.165) is 29.2 Å². The van der Waals surface area contributed by atoms with Crippen LogP contribution in [0.25, 0.3) is 0 Å². The third-order valence-electron chi connectivity index (χ3n) is 6.49. The van der Waals surface area contributed by atoms with Crippen molar-refractivity contribution in [2.75, 3.05) is 24.6 Å². The van der Waals surface area contributed by atoms with E-state index < -0.39 is 5.41 Å². The van der Waals surface area contributed by atoms with Crippen LogP contribution in [0.4, 0.5) is 5.69 Å². The number of para-hydroxylation sites is 2. The van der Waals surface area contributed by atoms with E-state index in [4.69, 9.17) is 4.74 Å². The number of hydrogen-bond acceptors (Lipinski definition) is 4. The number of ether oxygens (including phenoxy) is 1. The maximum absolute atomic E-state index is 13.6. The summed E-state index contributed by atoms with van der Waals surface area (Å²) in [6.07, 6.45) is 4.37. The lowest BCUT2D eigenvalue weighted by Crippen LogP contribution is -2.48. The minimum atomic E-state index is -0.599. The molecule has 7 nitrogen and oxygen atoms in total. The van der Waals surface area contributed by atoms with Gasteiger partial charge in [0.15, 0.2) is 0 Å². The van der Waals surface area contributed by atoms with Crippen molar-refractivity contribution in [1.29, 1.82) is 0 Å². The first kappa shape index (κ1) is 20.3. The quantitative estimate of drug-likeness (QED) is 0.596. The molecular formula is C25H26N4O3. The second-order valence-electron chi connectivity index (χ2n) is 8.48. The van der Waals surface area contributed by atoms with Gasteiger partial charge in [-0.2, -0.15) is 0 Å². The van der Waals surface area contributed by atoms with Gasteiger partial charge in [0.2, 0.25) is 11.8 Å². The molecule has 0 saturated heterocycles. The summed E-state index contributed by atoms with van der Waals surface area (Å²) in [6.45, 7) is 3.35. The third kappa shape index (κ3) is 3.64. The average molecular weight is 431 g/mol. The lowest BCUT2D eigenvalue weighted by molar-refractivity contribution is -0.128. The monoisotopic (exact) mass is 430 g/mol. The molecule has 0 radical (unpaired) electrons. The van der Waals surface area contributed by atoms with Crippen molar-refractivity contribution in [2.45, 2.75) is 25.8 Å². The van der Waals surface area contributed by atoms with Crippen LogP contribution in [-0.4, -0.2) is 41.1 Å². The zero-order valence-corrected chi connectivity index (χ0v) is 18.0. The van der Waals surface area contributed by atoms with Gasteiger partial charge in [0.05, 0.1) is 5.41 Å². The summed E-state index contributed by atoms with van der Waals surface area (Å²) < 4.78 is 7.97. The number of amides is 2. The fourth-order valence-corrected chi connectivity index (χ4v) is 4.62. The number of aryl methyl sites for hydroxylation is 1. The molecule has 32 heavy (non-hydrogen) atoms. The number of carbonyl (C=O) groups is 2. The fourth-order valence-electron chi connectivity index (χ4n) is 4.62. The normalized spacial score (nSPS) is 21.0. The van der Waals surface area contributed by atoms with Gasteiger partial charge in [-0.25, -0.2) is 4.98 Å². The van der Waals surface area contributed by atoms with Crippen molar-refractivity contribution in [1.82, 2.24) is 14.9 Å². The number of nitrogens with one attached hydrogen (secondary N) is 1. The van der Waals surface area contributed by atoms with Gasteiger partial charge < -0.3 is 19.5 Å². The smallest absolute Gasteiger partial charge is 0.240 e. The van der Waals surface area contributed by atoms with Crippen molar-refractivity contribution in [3.8, 4) is 5.75 Å². The van der Waals surface area contributed by atoms with Crippen molar-refractivity contribution in [3.63, 3.8) is 0 Å². The van der Waals surface area contributed by atoms with Gasteiger partial charge in [-0.15, -0.1) is 0 Å².